The van der Waals surface area contributed by atoms with Gasteiger partial charge in [0, 0.05) is 12.4 Å². The van der Waals surface area contributed by atoms with Crippen molar-refractivity contribution in [3.8, 4) is 0 Å². The van der Waals surface area contributed by atoms with Crippen LogP contribution in [0.4, 0.5) is 0 Å². The van der Waals surface area contributed by atoms with E-state index in [2.05, 4.69) is 16.6 Å². The van der Waals surface area contributed by atoms with E-state index >= 15 is 0 Å². The van der Waals surface area contributed by atoms with Gasteiger partial charge >= 0.3 is 0 Å². The standard InChI is InChI=1S/C6H6N2O/c1-2-5-6(9)8-4-3-7-5/h2-5H,1H2. The molecule has 0 fully saturated rings. The summed E-state index contributed by atoms with van der Waals surface area (Å²) in [6.45, 7) is 3.43. The quantitative estimate of drug-likeness (QED) is 0.459. The molecule has 9 heavy (non-hydrogen) atoms. The molecule has 0 aromatic rings. The first-order chi connectivity index (χ1) is 4.34. The van der Waals surface area contributed by atoms with E-state index in [-0.39, 0.29) is 5.91 Å². The highest BCUT2D eigenvalue weighted by atomic mass is 16.1. The number of aliphatic imine (C=N–C) groups is 2. The fourth-order valence-corrected chi connectivity index (χ4v) is 0.540. The van der Waals surface area contributed by atoms with Gasteiger partial charge in [-0.15, -0.1) is 6.58 Å². The molecule has 46 valence electrons. The highest BCUT2D eigenvalue weighted by Crippen LogP contribution is 1.96. The van der Waals surface area contributed by atoms with Crippen LogP contribution < -0.4 is 0 Å². The molecule has 1 aliphatic heterocycles. The van der Waals surface area contributed by atoms with E-state index in [1.54, 1.807) is 0 Å². The molecular weight excluding hydrogens is 116 g/mol. The third-order valence-corrected chi connectivity index (χ3v) is 0.991. The van der Waals surface area contributed by atoms with Gasteiger partial charge in [-0.1, -0.05) is 6.08 Å². The Morgan fingerprint density at radius 3 is 2.89 bits per heavy atom. The summed E-state index contributed by atoms with van der Waals surface area (Å²) in [4.78, 5) is 17.9. The monoisotopic (exact) mass is 122 g/mol. The Morgan fingerprint density at radius 1 is 1.67 bits per heavy atom. The first kappa shape index (κ1) is 5.88. The van der Waals surface area contributed by atoms with Crippen molar-refractivity contribution in [1.29, 1.82) is 0 Å². The molecule has 3 heteroatoms. The number of hydrogen-bond donors (Lipinski definition) is 0. The van der Waals surface area contributed by atoms with Crippen molar-refractivity contribution in [1.82, 2.24) is 0 Å². The van der Waals surface area contributed by atoms with Gasteiger partial charge in [-0.05, 0) is 0 Å². The first-order valence-corrected chi connectivity index (χ1v) is 2.57. The zero-order valence-electron chi connectivity index (χ0n) is 4.82. The first-order valence-electron chi connectivity index (χ1n) is 2.57. The summed E-state index contributed by atoms with van der Waals surface area (Å²) in [6.07, 6.45) is 4.34. The van der Waals surface area contributed by atoms with Crippen LogP contribution >= 0.6 is 0 Å². The topological polar surface area (TPSA) is 41.8 Å². The van der Waals surface area contributed by atoms with Crippen molar-refractivity contribution < 1.29 is 4.79 Å². The predicted molar refractivity (Wildman–Crippen MR) is 36.0 cm³/mol. The fraction of sp³-hybridized carbons (Fsp3) is 0.167. The van der Waals surface area contributed by atoms with Gasteiger partial charge in [0.15, 0.2) is 0 Å². The molecule has 0 N–H and O–H groups in total. The van der Waals surface area contributed by atoms with Gasteiger partial charge in [0.2, 0.25) is 0 Å². The van der Waals surface area contributed by atoms with Crippen molar-refractivity contribution in [2.24, 2.45) is 9.98 Å². The smallest absolute Gasteiger partial charge is 0.274 e. The highest BCUT2D eigenvalue weighted by molar-refractivity contribution is 6.21. The molecule has 1 aliphatic rings. The summed E-state index contributed by atoms with van der Waals surface area (Å²) >= 11 is 0. The van der Waals surface area contributed by atoms with Gasteiger partial charge in [-0.3, -0.25) is 9.79 Å². The van der Waals surface area contributed by atoms with E-state index in [1.165, 1.54) is 18.5 Å². The second-order valence-corrected chi connectivity index (χ2v) is 1.60. The molecule has 0 aliphatic carbocycles. The largest absolute Gasteiger partial charge is 0.274 e. The van der Waals surface area contributed by atoms with Crippen LogP contribution in [-0.2, 0) is 4.79 Å². The van der Waals surface area contributed by atoms with Crippen LogP contribution in [0.3, 0.4) is 0 Å². The van der Waals surface area contributed by atoms with Crippen molar-refractivity contribution in [3.05, 3.63) is 12.7 Å². The Labute approximate surface area is 52.8 Å². The van der Waals surface area contributed by atoms with Gasteiger partial charge in [0.25, 0.3) is 5.91 Å². The molecule has 1 atom stereocenters. The second kappa shape index (κ2) is 2.35. The van der Waals surface area contributed by atoms with E-state index in [1.807, 2.05) is 0 Å². The lowest BCUT2D eigenvalue weighted by Crippen LogP contribution is -2.16. The number of hydrogen-bond acceptors (Lipinski definition) is 2. The molecule has 1 rings (SSSR count). The minimum atomic E-state index is -0.449. The van der Waals surface area contributed by atoms with Crippen LogP contribution in [0.25, 0.3) is 0 Å². The van der Waals surface area contributed by atoms with Crippen LogP contribution in [0.15, 0.2) is 22.6 Å². The van der Waals surface area contributed by atoms with E-state index in [9.17, 15) is 4.79 Å². The molecular formula is C6H6N2O. The highest BCUT2D eigenvalue weighted by Gasteiger charge is 2.11. The molecule has 0 bridgehead atoms. The van der Waals surface area contributed by atoms with Crippen LogP contribution in [-0.4, -0.2) is 24.4 Å². The van der Waals surface area contributed by atoms with Crippen LogP contribution in [0.2, 0.25) is 0 Å². The second-order valence-electron chi connectivity index (χ2n) is 1.60. The Bertz CT molecular complexity index is 193. The number of nitrogens with zero attached hydrogens (tertiary/aromatic N) is 2. The SMILES string of the molecule is C=CC1N=CC=NC1=O. The lowest BCUT2D eigenvalue weighted by molar-refractivity contribution is -0.118. The van der Waals surface area contributed by atoms with Gasteiger partial charge in [-0.2, -0.15) is 0 Å². The van der Waals surface area contributed by atoms with E-state index in [0.29, 0.717) is 0 Å². The molecule has 0 saturated carbocycles. The number of rotatable bonds is 1. The van der Waals surface area contributed by atoms with Crippen LogP contribution in [0, 0.1) is 0 Å². The summed E-state index contributed by atoms with van der Waals surface area (Å²) in [5, 5.41) is 0. The summed E-state index contributed by atoms with van der Waals surface area (Å²) in [5.74, 6) is -0.243. The van der Waals surface area contributed by atoms with Gasteiger partial charge in [0.05, 0.1) is 0 Å². The third kappa shape index (κ3) is 1.10. The molecule has 0 radical (unpaired) electrons. The summed E-state index contributed by atoms with van der Waals surface area (Å²) in [7, 11) is 0. The maximum absolute atomic E-state index is 10.6. The Kier molecular flexibility index (Phi) is 1.53. The zero-order valence-corrected chi connectivity index (χ0v) is 4.82. The maximum atomic E-state index is 10.6. The Hall–Kier alpha value is -1.25. The minimum absolute atomic E-state index is 0.243. The molecule has 1 amide bonds. The summed E-state index contributed by atoms with van der Waals surface area (Å²) in [5.41, 5.74) is 0. The number of amides is 1. The Balaban J connectivity index is 2.77. The van der Waals surface area contributed by atoms with Gasteiger partial charge in [-0.25, -0.2) is 4.99 Å². The van der Waals surface area contributed by atoms with Crippen molar-refractivity contribution in [2.45, 2.75) is 6.04 Å². The fourth-order valence-electron chi connectivity index (χ4n) is 0.540. The van der Waals surface area contributed by atoms with Gasteiger partial charge in [0.1, 0.15) is 6.04 Å². The molecule has 1 unspecified atom stereocenters. The summed E-state index contributed by atoms with van der Waals surface area (Å²) < 4.78 is 0. The predicted octanol–water partition coefficient (Wildman–Crippen LogP) is 0.223. The molecule has 0 aromatic carbocycles. The average molecular weight is 122 g/mol. The maximum Gasteiger partial charge on any atom is 0.274 e. The number of carbonyl (C=O) groups excluding carboxylic acids is 1. The third-order valence-electron chi connectivity index (χ3n) is 0.991. The van der Waals surface area contributed by atoms with Crippen molar-refractivity contribution in [3.63, 3.8) is 0 Å². The summed E-state index contributed by atoms with van der Waals surface area (Å²) in [6, 6.07) is -0.449. The number of carbonyl (C=O) groups is 1. The van der Waals surface area contributed by atoms with E-state index < -0.39 is 6.04 Å². The van der Waals surface area contributed by atoms with Crippen molar-refractivity contribution >= 4 is 18.3 Å². The van der Waals surface area contributed by atoms with Crippen molar-refractivity contribution in [2.75, 3.05) is 0 Å². The normalized spacial score (nSPS) is 24.4. The Morgan fingerprint density at radius 2 is 2.44 bits per heavy atom. The lowest BCUT2D eigenvalue weighted by atomic mass is 10.3. The molecule has 1 heterocycles. The van der Waals surface area contributed by atoms with E-state index in [0.717, 1.165) is 0 Å². The van der Waals surface area contributed by atoms with Crippen LogP contribution in [0.5, 0.6) is 0 Å². The molecule has 0 aromatic heterocycles. The molecule has 3 nitrogen and oxygen atoms in total. The molecule has 0 saturated heterocycles. The lowest BCUT2D eigenvalue weighted by Gasteiger charge is -2.02. The average Bonchev–Trinajstić information content (AvgIpc) is 1.89. The zero-order chi connectivity index (χ0) is 6.69. The van der Waals surface area contributed by atoms with Crippen LogP contribution in [0.1, 0.15) is 0 Å². The minimum Gasteiger partial charge on any atom is -0.274 e. The van der Waals surface area contributed by atoms with E-state index in [4.69, 9.17) is 0 Å². The molecule has 0 spiro atoms. The van der Waals surface area contributed by atoms with Gasteiger partial charge < -0.3 is 0 Å².